The third-order valence-electron chi connectivity index (χ3n) is 2.66. The lowest BCUT2D eigenvalue weighted by atomic mass is 10.2. The van der Waals surface area contributed by atoms with Crippen molar-refractivity contribution in [1.29, 1.82) is 0 Å². The van der Waals surface area contributed by atoms with E-state index >= 15 is 0 Å². The molecule has 0 spiro atoms. The molecule has 0 radical (unpaired) electrons. The van der Waals surface area contributed by atoms with Gasteiger partial charge in [-0.25, -0.2) is 0 Å². The Morgan fingerprint density at radius 2 is 1.35 bits per heavy atom. The van der Waals surface area contributed by atoms with E-state index < -0.39 is 0 Å². The summed E-state index contributed by atoms with van der Waals surface area (Å²) in [5.41, 5.74) is 2.69. The van der Waals surface area contributed by atoms with Gasteiger partial charge in [-0.3, -0.25) is 4.90 Å². The summed E-state index contributed by atoms with van der Waals surface area (Å²) < 4.78 is 1.13. The first-order valence-corrected chi connectivity index (χ1v) is 6.50. The third kappa shape index (κ3) is 3.99. The highest BCUT2D eigenvalue weighted by Crippen LogP contribution is 2.12. The molecule has 0 aromatic heterocycles. The molecule has 2 heteroatoms. The second-order valence-electron chi connectivity index (χ2n) is 4.28. The van der Waals surface area contributed by atoms with Crippen molar-refractivity contribution in [2.75, 3.05) is 7.05 Å². The van der Waals surface area contributed by atoms with Gasteiger partial charge in [-0.15, -0.1) is 0 Å². The van der Waals surface area contributed by atoms with Crippen molar-refractivity contribution < 1.29 is 0 Å². The number of nitrogens with zero attached hydrogens (tertiary/aromatic N) is 1. The molecule has 2 aromatic carbocycles. The van der Waals surface area contributed by atoms with Crippen LogP contribution >= 0.6 is 15.9 Å². The minimum absolute atomic E-state index is 0.974. The molecule has 2 rings (SSSR count). The van der Waals surface area contributed by atoms with Crippen LogP contribution in [0.4, 0.5) is 0 Å². The van der Waals surface area contributed by atoms with Gasteiger partial charge in [0.2, 0.25) is 0 Å². The molecule has 0 aliphatic carbocycles. The van der Waals surface area contributed by atoms with E-state index in [2.05, 4.69) is 82.5 Å². The van der Waals surface area contributed by atoms with E-state index in [1.165, 1.54) is 11.1 Å². The summed E-state index contributed by atoms with van der Waals surface area (Å²) in [5.74, 6) is 0. The predicted octanol–water partition coefficient (Wildman–Crippen LogP) is 4.08. The molecular weight excluding hydrogens is 274 g/mol. The zero-order valence-corrected chi connectivity index (χ0v) is 11.5. The van der Waals surface area contributed by atoms with Crippen molar-refractivity contribution in [3.05, 3.63) is 70.2 Å². The van der Waals surface area contributed by atoms with E-state index in [1.54, 1.807) is 0 Å². The van der Waals surface area contributed by atoms with Gasteiger partial charge in [-0.2, -0.15) is 0 Å². The van der Waals surface area contributed by atoms with Gasteiger partial charge in [0.1, 0.15) is 0 Å². The fraction of sp³-hybridized carbons (Fsp3) is 0.200. The summed E-state index contributed by atoms with van der Waals surface area (Å²) in [7, 11) is 2.15. The van der Waals surface area contributed by atoms with E-state index in [9.17, 15) is 0 Å². The predicted molar refractivity (Wildman–Crippen MR) is 75.8 cm³/mol. The Morgan fingerprint density at radius 1 is 0.824 bits per heavy atom. The largest absolute Gasteiger partial charge is 0.298 e. The second-order valence-corrected chi connectivity index (χ2v) is 5.20. The van der Waals surface area contributed by atoms with Crippen LogP contribution in [-0.4, -0.2) is 11.9 Å². The lowest BCUT2D eigenvalue weighted by Gasteiger charge is -2.16. The maximum Gasteiger partial charge on any atom is 0.0234 e. The fourth-order valence-corrected chi connectivity index (χ4v) is 2.12. The van der Waals surface area contributed by atoms with Crippen LogP contribution in [0.1, 0.15) is 11.1 Å². The Bertz CT molecular complexity index is 450. The van der Waals surface area contributed by atoms with Gasteiger partial charge in [-0.05, 0) is 30.3 Å². The molecular formula is C15H16BrN. The standard InChI is InChI=1S/C15H16BrN/c1-17(11-13-5-3-2-4-6-13)12-14-7-9-15(16)10-8-14/h2-10H,11-12H2,1H3. The topological polar surface area (TPSA) is 3.24 Å². The maximum atomic E-state index is 3.45. The summed E-state index contributed by atoms with van der Waals surface area (Å²) in [4.78, 5) is 2.32. The first-order valence-electron chi connectivity index (χ1n) is 5.71. The van der Waals surface area contributed by atoms with Crippen LogP contribution in [0.3, 0.4) is 0 Å². The highest BCUT2D eigenvalue weighted by Gasteiger charge is 2.01. The Labute approximate surface area is 111 Å². The normalized spacial score (nSPS) is 10.8. The molecule has 1 nitrogen and oxygen atoms in total. The molecule has 0 aliphatic heterocycles. The van der Waals surface area contributed by atoms with Gasteiger partial charge in [-0.1, -0.05) is 58.4 Å². The number of hydrogen-bond acceptors (Lipinski definition) is 1. The van der Waals surface area contributed by atoms with Crippen molar-refractivity contribution in [2.45, 2.75) is 13.1 Å². The first-order chi connectivity index (χ1) is 8.24. The molecule has 0 unspecified atom stereocenters. The lowest BCUT2D eigenvalue weighted by Crippen LogP contribution is -2.17. The zero-order chi connectivity index (χ0) is 12.1. The van der Waals surface area contributed by atoms with Gasteiger partial charge in [0, 0.05) is 17.6 Å². The Kier molecular flexibility index (Phi) is 4.35. The highest BCUT2D eigenvalue weighted by atomic mass is 79.9. The van der Waals surface area contributed by atoms with Crippen molar-refractivity contribution in [3.8, 4) is 0 Å². The van der Waals surface area contributed by atoms with Crippen molar-refractivity contribution in [2.24, 2.45) is 0 Å². The molecule has 2 aromatic rings. The van der Waals surface area contributed by atoms with E-state index in [-0.39, 0.29) is 0 Å². The number of halogens is 1. The fourth-order valence-electron chi connectivity index (χ4n) is 1.85. The molecule has 17 heavy (non-hydrogen) atoms. The summed E-state index contributed by atoms with van der Waals surface area (Å²) >= 11 is 3.45. The molecule has 88 valence electrons. The van der Waals surface area contributed by atoms with Crippen molar-refractivity contribution in [1.82, 2.24) is 4.90 Å². The first kappa shape index (κ1) is 12.3. The van der Waals surface area contributed by atoms with E-state index in [4.69, 9.17) is 0 Å². The smallest absolute Gasteiger partial charge is 0.0234 e. The third-order valence-corrected chi connectivity index (χ3v) is 3.19. The number of benzene rings is 2. The average Bonchev–Trinajstić information content (AvgIpc) is 2.33. The van der Waals surface area contributed by atoms with Crippen molar-refractivity contribution in [3.63, 3.8) is 0 Å². The van der Waals surface area contributed by atoms with E-state index in [1.807, 2.05) is 0 Å². The van der Waals surface area contributed by atoms with Gasteiger partial charge in [0.05, 0.1) is 0 Å². The minimum Gasteiger partial charge on any atom is -0.298 e. The maximum absolute atomic E-state index is 3.45. The van der Waals surface area contributed by atoms with Gasteiger partial charge in [0.25, 0.3) is 0 Å². The van der Waals surface area contributed by atoms with Crippen LogP contribution in [0.5, 0.6) is 0 Å². The summed E-state index contributed by atoms with van der Waals surface area (Å²) in [5, 5.41) is 0. The highest BCUT2D eigenvalue weighted by molar-refractivity contribution is 9.10. The molecule has 0 atom stereocenters. The van der Waals surface area contributed by atoms with Crippen LogP contribution < -0.4 is 0 Å². The van der Waals surface area contributed by atoms with Crippen molar-refractivity contribution >= 4 is 15.9 Å². The van der Waals surface area contributed by atoms with Crippen LogP contribution in [0.25, 0.3) is 0 Å². The number of hydrogen-bond donors (Lipinski definition) is 0. The molecule has 0 fully saturated rings. The van der Waals surface area contributed by atoms with Crippen LogP contribution in [-0.2, 0) is 13.1 Å². The van der Waals surface area contributed by atoms with Gasteiger partial charge < -0.3 is 0 Å². The Balaban J connectivity index is 1.93. The molecule has 0 N–H and O–H groups in total. The molecule has 0 saturated heterocycles. The molecule has 0 saturated carbocycles. The van der Waals surface area contributed by atoms with Gasteiger partial charge in [0.15, 0.2) is 0 Å². The number of rotatable bonds is 4. The SMILES string of the molecule is CN(Cc1ccccc1)Cc1ccc(Br)cc1. The van der Waals surface area contributed by atoms with E-state index in [0.29, 0.717) is 0 Å². The molecule has 0 heterocycles. The molecule has 0 amide bonds. The Hall–Kier alpha value is -1.12. The van der Waals surface area contributed by atoms with Crippen LogP contribution in [0.2, 0.25) is 0 Å². The molecule has 0 bridgehead atoms. The zero-order valence-electron chi connectivity index (χ0n) is 9.94. The monoisotopic (exact) mass is 289 g/mol. The van der Waals surface area contributed by atoms with Crippen LogP contribution in [0.15, 0.2) is 59.1 Å². The van der Waals surface area contributed by atoms with Gasteiger partial charge >= 0.3 is 0 Å². The van der Waals surface area contributed by atoms with Crippen LogP contribution in [0, 0.1) is 0 Å². The summed E-state index contributed by atoms with van der Waals surface area (Å²) in [6.07, 6.45) is 0. The molecule has 0 aliphatic rings. The quantitative estimate of drug-likeness (QED) is 0.820. The second kappa shape index (κ2) is 5.99. The lowest BCUT2D eigenvalue weighted by molar-refractivity contribution is 0.319. The average molecular weight is 290 g/mol. The van der Waals surface area contributed by atoms with E-state index in [0.717, 1.165) is 17.6 Å². The summed E-state index contributed by atoms with van der Waals surface area (Å²) in [6.45, 7) is 1.96. The minimum atomic E-state index is 0.974. The summed E-state index contributed by atoms with van der Waals surface area (Å²) in [6, 6.07) is 19.1. The Morgan fingerprint density at radius 3 is 1.94 bits per heavy atom.